The Balaban J connectivity index is 1.34. The van der Waals surface area contributed by atoms with Crippen LogP contribution in [0.2, 0.25) is 5.02 Å². The van der Waals surface area contributed by atoms with E-state index in [1.165, 1.54) is 24.0 Å². The van der Waals surface area contributed by atoms with Gasteiger partial charge in [-0.05, 0) is 86.5 Å². The largest absolute Gasteiger partial charge is 0.365 e. The highest BCUT2D eigenvalue weighted by molar-refractivity contribution is 6.32. The van der Waals surface area contributed by atoms with Crippen molar-refractivity contribution in [3.63, 3.8) is 0 Å². The van der Waals surface area contributed by atoms with Crippen LogP contribution < -0.4 is 21.3 Å². The number of hydrogen-bond donors (Lipinski definition) is 4. The summed E-state index contributed by atoms with van der Waals surface area (Å²) in [7, 11) is 0. The van der Waals surface area contributed by atoms with Crippen LogP contribution in [0.5, 0.6) is 0 Å². The molecule has 2 aromatic carbocycles. The second kappa shape index (κ2) is 10.1. The molecule has 1 aromatic heterocycles. The predicted molar refractivity (Wildman–Crippen MR) is 146 cm³/mol. The summed E-state index contributed by atoms with van der Waals surface area (Å²) < 4.78 is 0. The van der Waals surface area contributed by atoms with Crippen molar-refractivity contribution < 1.29 is 4.79 Å². The van der Waals surface area contributed by atoms with Crippen molar-refractivity contribution in [2.75, 3.05) is 29.0 Å². The smallest absolute Gasteiger partial charge is 0.234 e. The number of anilines is 4. The Morgan fingerprint density at radius 3 is 2.72 bits per heavy atom. The molecule has 1 fully saturated rings. The third-order valence-electron chi connectivity index (χ3n) is 7.35. The highest BCUT2D eigenvalue weighted by Gasteiger charge is 2.39. The lowest BCUT2D eigenvalue weighted by atomic mass is 9.83. The van der Waals surface area contributed by atoms with Gasteiger partial charge in [-0.3, -0.25) is 4.79 Å². The maximum atomic E-state index is 12.4. The van der Waals surface area contributed by atoms with Gasteiger partial charge in [0.25, 0.3) is 0 Å². The zero-order chi connectivity index (χ0) is 25.3. The van der Waals surface area contributed by atoms with Crippen molar-refractivity contribution >= 4 is 40.6 Å². The van der Waals surface area contributed by atoms with Gasteiger partial charge in [0.1, 0.15) is 5.02 Å². The highest BCUT2D eigenvalue weighted by Crippen LogP contribution is 2.40. The standard InChI is InChI=1S/C28H33ClN6O/c1-4-17-14-19(18-10-12-30-13-11-18)8-9-22(17)34-27-32-16-21(29)25(35-27)31-15-20-6-5-7-23-24(20)28(2,3)26(36)33-23/h5-9,14,16,18,30H,4,10-13,15H2,1-3H3,(H,33,36)(H2,31,32,34,35). The van der Waals surface area contributed by atoms with E-state index in [-0.39, 0.29) is 5.91 Å². The minimum Gasteiger partial charge on any atom is -0.365 e. The van der Waals surface area contributed by atoms with E-state index in [2.05, 4.69) is 56.4 Å². The van der Waals surface area contributed by atoms with Crippen molar-refractivity contribution in [3.05, 3.63) is 69.9 Å². The van der Waals surface area contributed by atoms with E-state index < -0.39 is 5.41 Å². The number of rotatable bonds is 7. The first-order chi connectivity index (χ1) is 17.4. The maximum absolute atomic E-state index is 12.4. The summed E-state index contributed by atoms with van der Waals surface area (Å²) in [5, 5.41) is 13.6. The third kappa shape index (κ3) is 4.77. The molecule has 4 N–H and O–H groups in total. The van der Waals surface area contributed by atoms with Gasteiger partial charge in [0, 0.05) is 17.9 Å². The van der Waals surface area contributed by atoms with Gasteiger partial charge in [0.2, 0.25) is 11.9 Å². The topological polar surface area (TPSA) is 91.0 Å². The summed E-state index contributed by atoms with van der Waals surface area (Å²) in [5.41, 5.74) is 5.97. The molecule has 7 nitrogen and oxygen atoms in total. The van der Waals surface area contributed by atoms with Crippen molar-refractivity contribution in [2.45, 2.75) is 57.9 Å². The average Bonchev–Trinajstić information content (AvgIpc) is 3.13. The normalized spacial score (nSPS) is 16.9. The molecule has 0 aliphatic carbocycles. The van der Waals surface area contributed by atoms with Crippen LogP contribution in [-0.4, -0.2) is 29.0 Å². The van der Waals surface area contributed by atoms with Crippen molar-refractivity contribution in [1.29, 1.82) is 0 Å². The molecule has 2 aliphatic heterocycles. The van der Waals surface area contributed by atoms with Gasteiger partial charge in [-0.2, -0.15) is 4.98 Å². The van der Waals surface area contributed by atoms with Crippen LogP contribution in [0.3, 0.4) is 0 Å². The minimum absolute atomic E-state index is 0.00871. The Morgan fingerprint density at radius 1 is 1.14 bits per heavy atom. The number of nitrogens with zero attached hydrogens (tertiary/aromatic N) is 2. The van der Waals surface area contributed by atoms with Gasteiger partial charge < -0.3 is 21.3 Å². The first-order valence-corrected chi connectivity index (χ1v) is 13.1. The molecule has 2 aliphatic rings. The van der Waals surface area contributed by atoms with Crippen molar-refractivity contribution in [2.24, 2.45) is 0 Å². The summed E-state index contributed by atoms with van der Waals surface area (Å²) >= 11 is 6.44. The first-order valence-electron chi connectivity index (χ1n) is 12.7. The number of nitrogens with one attached hydrogen (secondary N) is 4. The Morgan fingerprint density at radius 2 is 1.94 bits per heavy atom. The van der Waals surface area contributed by atoms with Crippen LogP contribution in [0.25, 0.3) is 0 Å². The van der Waals surface area contributed by atoms with Gasteiger partial charge in [-0.1, -0.05) is 42.8 Å². The molecular formula is C28H33ClN6O. The SMILES string of the molecule is CCc1cc(C2CCNCC2)ccc1Nc1ncc(Cl)c(NCc2cccc3c2C(C)(C)C(=O)N3)n1. The number of piperidine rings is 1. The van der Waals surface area contributed by atoms with Crippen molar-refractivity contribution in [1.82, 2.24) is 15.3 Å². The number of amides is 1. The van der Waals surface area contributed by atoms with Crippen LogP contribution in [0, 0.1) is 0 Å². The Labute approximate surface area is 217 Å². The first kappa shape index (κ1) is 24.5. The summed E-state index contributed by atoms with van der Waals surface area (Å²) in [6.45, 7) is 8.70. The number of carbonyl (C=O) groups is 1. The summed E-state index contributed by atoms with van der Waals surface area (Å²) in [6.07, 6.45) is 4.88. The fraction of sp³-hybridized carbons (Fsp3) is 0.393. The molecule has 5 rings (SSSR count). The lowest BCUT2D eigenvalue weighted by Crippen LogP contribution is -2.28. The molecule has 1 amide bonds. The Bertz CT molecular complexity index is 1290. The lowest BCUT2D eigenvalue weighted by Gasteiger charge is -2.24. The molecule has 0 radical (unpaired) electrons. The molecular weight excluding hydrogens is 472 g/mol. The molecule has 0 bridgehead atoms. The molecule has 3 heterocycles. The third-order valence-corrected chi connectivity index (χ3v) is 7.63. The monoisotopic (exact) mass is 504 g/mol. The molecule has 0 atom stereocenters. The lowest BCUT2D eigenvalue weighted by molar-refractivity contribution is -0.119. The zero-order valence-electron chi connectivity index (χ0n) is 21.0. The van der Waals surface area contributed by atoms with E-state index >= 15 is 0 Å². The van der Waals surface area contributed by atoms with Crippen LogP contribution in [0.1, 0.15) is 61.8 Å². The molecule has 0 saturated carbocycles. The molecule has 8 heteroatoms. The fourth-order valence-corrected chi connectivity index (χ4v) is 5.43. The highest BCUT2D eigenvalue weighted by atomic mass is 35.5. The number of hydrogen-bond acceptors (Lipinski definition) is 6. The minimum atomic E-state index is -0.591. The number of aromatic nitrogens is 2. The van der Waals surface area contributed by atoms with Gasteiger partial charge >= 0.3 is 0 Å². The zero-order valence-corrected chi connectivity index (χ0v) is 21.8. The number of aryl methyl sites for hydroxylation is 1. The van der Waals surface area contributed by atoms with Gasteiger partial charge in [0.05, 0.1) is 11.6 Å². The molecule has 1 saturated heterocycles. The average molecular weight is 505 g/mol. The van der Waals surface area contributed by atoms with Gasteiger partial charge in [0.15, 0.2) is 5.82 Å². The molecule has 36 heavy (non-hydrogen) atoms. The van der Waals surface area contributed by atoms with Gasteiger partial charge in [-0.15, -0.1) is 0 Å². The molecule has 0 spiro atoms. The number of carbonyl (C=O) groups excluding carboxylic acids is 1. The Hall–Kier alpha value is -3.16. The van der Waals surface area contributed by atoms with Crippen LogP contribution in [0.4, 0.5) is 23.1 Å². The Kier molecular flexibility index (Phi) is 6.86. The second-order valence-corrected chi connectivity index (χ2v) is 10.5. The quantitative estimate of drug-likeness (QED) is 0.328. The van der Waals surface area contributed by atoms with Crippen LogP contribution in [0.15, 0.2) is 42.6 Å². The molecule has 3 aromatic rings. The van der Waals surface area contributed by atoms with E-state index in [1.807, 2.05) is 32.0 Å². The number of benzene rings is 2. The second-order valence-electron chi connectivity index (χ2n) is 10.1. The molecule has 0 unspecified atom stereocenters. The summed E-state index contributed by atoms with van der Waals surface area (Å²) in [5.74, 6) is 1.66. The summed E-state index contributed by atoms with van der Waals surface area (Å²) in [6, 6.07) is 12.6. The van der Waals surface area contributed by atoms with E-state index in [0.29, 0.717) is 29.3 Å². The predicted octanol–water partition coefficient (Wildman–Crippen LogP) is 5.74. The van der Waals surface area contributed by atoms with E-state index in [9.17, 15) is 4.79 Å². The van der Waals surface area contributed by atoms with Crippen LogP contribution in [-0.2, 0) is 23.2 Å². The van der Waals surface area contributed by atoms with Gasteiger partial charge in [-0.25, -0.2) is 4.98 Å². The number of halogens is 1. The van der Waals surface area contributed by atoms with Crippen molar-refractivity contribution in [3.8, 4) is 0 Å². The number of fused-ring (bicyclic) bond motifs is 1. The fourth-order valence-electron chi connectivity index (χ4n) is 5.27. The van der Waals surface area contributed by atoms with E-state index in [4.69, 9.17) is 11.6 Å². The van der Waals surface area contributed by atoms with Crippen LogP contribution >= 0.6 is 11.6 Å². The van der Waals surface area contributed by atoms with E-state index in [1.54, 1.807) is 6.20 Å². The van der Waals surface area contributed by atoms with E-state index in [0.717, 1.165) is 42.0 Å². The summed E-state index contributed by atoms with van der Waals surface area (Å²) in [4.78, 5) is 21.5. The molecule has 188 valence electrons. The maximum Gasteiger partial charge on any atom is 0.234 e.